The number of carbonyl (C=O) groups excluding carboxylic acids is 1. The summed E-state index contributed by atoms with van der Waals surface area (Å²) in [5.74, 6) is 2.98. The van der Waals surface area contributed by atoms with Crippen molar-refractivity contribution in [3.8, 4) is 6.07 Å². The van der Waals surface area contributed by atoms with E-state index in [1.165, 1.54) is 31.3 Å². The van der Waals surface area contributed by atoms with Crippen molar-refractivity contribution in [2.45, 2.75) is 77.7 Å². The summed E-state index contributed by atoms with van der Waals surface area (Å²) in [6, 6.07) is 2.29. The normalized spacial score (nSPS) is 44.0. The summed E-state index contributed by atoms with van der Waals surface area (Å²) in [5, 5.41) is 9.17. The largest absolute Gasteiger partial charge is 0.374 e. The molecule has 6 unspecified atom stereocenters. The lowest BCUT2D eigenvalue weighted by Crippen LogP contribution is -2.42. The molecule has 25 heavy (non-hydrogen) atoms. The minimum absolute atomic E-state index is 0.209. The zero-order valence-electron chi connectivity index (χ0n) is 16.1. The van der Waals surface area contributed by atoms with Crippen LogP contribution in [-0.2, 0) is 9.53 Å². The molecule has 0 radical (unpaired) electrons. The molecule has 0 aromatic rings. The van der Waals surface area contributed by atoms with Crippen molar-refractivity contribution < 1.29 is 9.53 Å². The summed E-state index contributed by atoms with van der Waals surface area (Å²) in [7, 11) is 1.69. The van der Waals surface area contributed by atoms with Gasteiger partial charge in [-0.1, -0.05) is 25.8 Å². The monoisotopic (exact) mass is 343 g/mol. The van der Waals surface area contributed by atoms with Crippen LogP contribution in [0, 0.1) is 40.4 Å². The van der Waals surface area contributed by atoms with E-state index < -0.39 is 0 Å². The fourth-order valence-electron chi connectivity index (χ4n) is 6.31. The Kier molecular flexibility index (Phi) is 5.68. The van der Waals surface area contributed by atoms with Crippen LogP contribution in [0.3, 0.4) is 0 Å². The molecule has 0 aliphatic heterocycles. The Balaban J connectivity index is 1.85. The fourth-order valence-corrected chi connectivity index (χ4v) is 6.31. The quantitative estimate of drug-likeness (QED) is 0.625. The molecular weight excluding hydrogens is 310 g/mol. The standard InChI is InChI=1S/C22H33NO2/c1-15-14-21(25-3)20(24)7-5-4-6-18-17(15)10-12-22(2)16(11-13-23)8-9-19(18)22/h11,15,17-19,21H,4-10,12,14H2,1-3H3. The van der Waals surface area contributed by atoms with Crippen LogP contribution in [-0.4, -0.2) is 19.0 Å². The maximum absolute atomic E-state index is 12.4. The van der Waals surface area contributed by atoms with E-state index in [0.717, 1.165) is 31.6 Å². The van der Waals surface area contributed by atoms with Crippen molar-refractivity contribution in [3.05, 3.63) is 11.6 Å². The summed E-state index contributed by atoms with van der Waals surface area (Å²) in [6.45, 7) is 4.75. The van der Waals surface area contributed by atoms with Crippen LogP contribution in [0.4, 0.5) is 0 Å². The summed E-state index contributed by atoms with van der Waals surface area (Å²) in [6.07, 6.45) is 11.3. The number of nitriles is 1. The Morgan fingerprint density at radius 2 is 2.00 bits per heavy atom. The van der Waals surface area contributed by atoms with Crippen LogP contribution in [0.15, 0.2) is 11.6 Å². The highest BCUT2D eigenvalue weighted by molar-refractivity contribution is 5.83. The lowest BCUT2D eigenvalue weighted by Gasteiger charge is -2.49. The zero-order valence-corrected chi connectivity index (χ0v) is 16.1. The summed E-state index contributed by atoms with van der Waals surface area (Å²) in [4.78, 5) is 12.4. The number of hydrogen-bond donors (Lipinski definition) is 0. The van der Waals surface area contributed by atoms with Gasteiger partial charge in [-0.05, 0) is 74.0 Å². The Morgan fingerprint density at radius 3 is 2.72 bits per heavy atom. The van der Waals surface area contributed by atoms with Gasteiger partial charge in [0, 0.05) is 19.6 Å². The predicted molar refractivity (Wildman–Crippen MR) is 98.8 cm³/mol. The van der Waals surface area contributed by atoms with E-state index in [1.54, 1.807) is 7.11 Å². The molecule has 0 amide bonds. The van der Waals surface area contributed by atoms with Crippen molar-refractivity contribution in [2.24, 2.45) is 29.1 Å². The van der Waals surface area contributed by atoms with Gasteiger partial charge in [0.1, 0.15) is 6.10 Å². The maximum Gasteiger partial charge on any atom is 0.161 e. The molecule has 0 spiro atoms. The highest BCUT2D eigenvalue weighted by Gasteiger charge is 2.52. The molecule has 3 aliphatic rings. The Hall–Kier alpha value is -1.14. The highest BCUT2D eigenvalue weighted by Crippen LogP contribution is 2.61. The van der Waals surface area contributed by atoms with Gasteiger partial charge in [0.05, 0.1) is 6.07 Å². The molecule has 0 N–H and O–H groups in total. The van der Waals surface area contributed by atoms with Crippen LogP contribution in [0.5, 0.6) is 0 Å². The van der Waals surface area contributed by atoms with Gasteiger partial charge in [-0.3, -0.25) is 4.79 Å². The lowest BCUT2D eigenvalue weighted by atomic mass is 9.55. The number of rotatable bonds is 1. The summed E-state index contributed by atoms with van der Waals surface area (Å²) >= 11 is 0. The molecule has 3 heteroatoms. The third-order valence-corrected chi connectivity index (χ3v) is 7.75. The first-order chi connectivity index (χ1) is 12.0. The van der Waals surface area contributed by atoms with Crippen molar-refractivity contribution in [1.29, 1.82) is 5.26 Å². The molecule has 3 rings (SSSR count). The van der Waals surface area contributed by atoms with Crippen molar-refractivity contribution >= 4 is 5.78 Å². The van der Waals surface area contributed by atoms with E-state index in [2.05, 4.69) is 19.9 Å². The first-order valence-electron chi connectivity index (χ1n) is 10.2. The Morgan fingerprint density at radius 1 is 1.20 bits per heavy atom. The SMILES string of the molecule is COC1CC(C)C2CCC3(C)C(=CC#N)CCC3C2CCCCC1=O. The molecule has 0 aromatic heterocycles. The second kappa shape index (κ2) is 7.62. The number of fused-ring (bicyclic) bond motifs is 3. The van der Waals surface area contributed by atoms with E-state index >= 15 is 0 Å². The molecular formula is C22H33NO2. The first kappa shape index (κ1) is 18.6. The van der Waals surface area contributed by atoms with Crippen LogP contribution in [0.2, 0.25) is 0 Å². The second-order valence-electron chi connectivity index (χ2n) is 8.88. The van der Waals surface area contributed by atoms with Crippen LogP contribution in [0.25, 0.3) is 0 Å². The number of allylic oxidation sites excluding steroid dienone is 2. The van der Waals surface area contributed by atoms with E-state index in [4.69, 9.17) is 10.00 Å². The number of Topliss-reactive ketones (excluding diaryl/α,β-unsaturated/α-hetero) is 1. The number of carbonyl (C=O) groups is 1. The first-order valence-corrected chi connectivity index (χ1v) is 10.2. The lowest BCUT2D eigenvalue weighted by molar-refractivity contribution is -0.131. The predicted octanol–water partition coefficient (Wildman–Crippen LogP) is 5.06. The molecule has 0 saturated heterocycles. The second-order valence-corrected chi connectivity index (χ2v) is 8.88. The van der Waals surface area contributed by atoms with E-state index in [-0.39, 0.29) is 11.5 Å². The molecule has 3 saturated carbocycles. The smallest absolute Gasteiger partial charge is 0.161 e. The van der Waals surface area contributed by atoms with E-state index in [0.29, 0.717) is 30.0 Å². The van der Waals surface area contributed by atoms with E-state index in [1.807, 2.05) is 6.08 Å². The van der Waals surface area contributed by atoms with Crippen LogP contribution in [0.1, 0.15) is 71.6 Å². The number of ether oxygens (including phenoxy) is 1. The minimum atomic E-state index is -0.209. The average molecular weight is 344 g/mol. The number of nitrogens with zero attached hydrogens (tertiary/aromatic N) is 1. The molecule has 0 aromatic carbocycles. The van der Waals surface area contributed by atoms with Crippen molar-refractivity contribution in [1.82, 2.24) is 0 Å². The van der Waals surface area contributed by atoms with Gasteiger partial charge in [0.15, 0.2) is 5.78 Å². The molecule has 0 heterocycles. The molecule has 6 atom stereocenters. The van der Waals surface area contributed by atoms with Crippen LogP contribution < -0.4 is 0 Å². The van der Waals surface area contributed by atoms with Crippen molar-refractivity contribution in [2.75, 3.05) is 7.11 Å². The average Bonchev–Trinajstić information content (AvgIpc) is 2.93. The minimum Gasteiger partial charge on any atom is -0.374 e. The van der Waals surface area contributed by atoms with Crippen LogP contribution >= 0.6 is 0 Å². The van der Waals surface area contributed by atoms with Gasteiger partial charge in [-0.25, -0.2) is 0 Å². The highest BCUT2D eigenvalue weighted by atomic mass is 16.5. The number of ketones is 1. The molecule has 3 nitrogen and oxygen atoms in total. The Bertz CT molecular complexity index is 575. The summed E-state index contributed by atoms with van der Waals surface area (Å²) < 4.78 is 5.55. The van der Waals surface area contributed by atoms with Crippen molar-refractivity contribution in [3.63, 3.8) is 0 Å². The molecule has 3 aliphatic carbocycles. The van der Waals surface area contributed by atoms with E-state index in [9.17, 15) is 4.79 Å². The zero-order chi connectivity index (χ0) is 18.0. The molecule has 3 fully saturated rings. The number of methoxy groups -OCH3 is 1. The van der Waals surface area contributed by atoms with Gasteiger partial charge in [-0.2, -0.15) is 5.26 Å². The van der Waals surface area contributed by atoms with Gasteiger partial charge in [0.2, 0.25) is 0 Å². The molecule has 138 valence electrons. The van der Waals surface area contributed by atoms with Gasteiger partial charge >= 0.3 is 0 Å². The summed E-state index contributed by atoms with van der Waals surface area (Å²) in [5.41, 5.74) is 1.63. The van der Waals surface area contributed by atoms with Gasteiger partial charge in [-0.15, -0.1) is 0 Å². The molecule has 0 bridgehead atoms. The third-order valence-electron chi connectivity index (χ3n) is 7.75. The number of hydrogen-bond acceptors (Lipinski definition) is 3. The maximum atomic E-state index is 12.4. The van der Waals surface area contributed by atoms with Gasteiger partial charge < -0.3 is 4.74 Å². The van der Waals surface area contributed by atoms with Gasteiger partial charge in [0.25, 0.3) is 0 Å². The third kappa shape index (κ3) is 3.43. The fraction of sp³-hybridized carbons (Fsp3) is 0.818. The Labute approximate surface area is 152 Å². The topological polar surface area (TPSA) is 50.1 Å².